The highest BCUT2D eigenvalue weighted by atomic mass is 28.4. The lowest BCUT2D eigenvalue weighted by Crippen LogP contribution is -2.47. The molecule has 4 heteroatoms. The number of benzene rings is 2. The van der Waals surface area contributed by atoms with E-state index >= 15 is 0 Å². The van der Waals surface area contributed by atoms with Crippen molar-refractivity contribution >= 4 is 8.32 Å². The zero-order valence-corrected chi connectivity index (χ0v) is 12.9. The highest BCUT2D eigenvalue weighted by molar-refractivity contribution is 6.72. The van der Waals surface area contributed by atoms with Crippen LogP contribution in [0.4, 0.5) is 0 Å². The summed E-state index contributed by atoms with van der Waals surface area (Å²) >= 11 is 0. The molecule has 0 N–H and O–H groups in total. The van der Waals surface area contributed by atoms with E-state index in [4.69, 9.17) is 13.9 Å². The molecule has 20 heavy (non-hydrogen) atoms. The van der Waals surface area contributed by atoms with Crippen molar-refractivity contribution in [3.8, 4) is 11.5 Å². The molecule has 0 spiro atoms. The van der Waals surface area contributed by atoms with Gasteiger partial charge in [-0.2, -0.15) is 0 Å². The van der Waals surface area contributed by atoms with Gasteiger partial charge in [-0.05, 0) is 30.8 Å². The van der Waals surface area contributed by atoms with Gasteiger partial charge in [0.2, 0.25) is 0 Å². The van der Waals surface area contributed by atoms with Crippen molar-refractivity contribution in [1.29, 1.82) is 0 Å². The summed E-state index contributed by atoms with van der Waals surface area (Å²) in [6, 6.07) is 19.6. The fourth-order valence-electron chi connectivity index (χ4n) is 1.66. The Morgan fingerprint density at radius 2 is 1.15 bits per heavy atom. The first-order valence-electron chi connectivity index (χ1n) is 6.63. The standard InChI is InChI=1S/C16H20O3Si/c1-17-20(2,13-18-15-9-5-3-6-10-15)14-19-16-11-7-4-8-12-16/h3-12H,13-14H2,1-2H3. The monoisotopic (exact) mass is 288 g/mol. The van der Waals surface area contributed by atoms with Crippen LogP contribution in [0.25, 0.3) is 0 Å². The maximum Gasteiger partial charge on any atom is 0.264 e. The van der Waals surface area contributed by atoms with Gasteiger partial charge in [0.25, 0.3) is 8.32 Å². The summed E-state index contributed by atoms with van der Waals surface area (Å²) in [5.74, 6) is 1.73. The molecule has 0 saturated heterocycles. The zero-order valence-electron chi connectivity index (χ0n) is 11.9. The van der Waals surface area contributed by atoms with Gasteiger partial charge in [0.1, 0.15) is 24.0 Å². The second kappa shape index (κ2) is 7.12. The van der Waals surface area contributed by atoms with Gasteiger partial charge in [-0.1, -0.05) is 36.4 Å². The molecule has 3 nitrogen and oxygen atoms in total. The van der Waals surface area contributed by atoms with E-state index in [1.807, 2.05) is 60.7 Å². The van der Waals surface area contributed by atoms with Crippen molar-refractivity contribution in [2.24, 2.45) is 0 Å². The van der Waals surface area contributed by atoms with Crippen molar-refractivity contribution in [3.63, 3.8) is 0 Å². The first-order chi connectivity index (χ1) is 9.72. The molecule has 0 heterocycles. The molecule has 2 rings (SSSR count). The minimum Gasteiger partial charge on any atom is -0.494 e. The van der Waals surface area contributed by atoms with E-state index < -0.39 is 8.32 Å². The van der Waals surface area contributed by atoms with Crippen LogP contribution in [0.1, 0.15) is 0 Å². The van der Waals surface area contributed by atoms with Crippen LogP contribution in [0.3, 0.4) is 0 Å². The van der Waals surface area contributed by atoms with E-state index in [-0.39, 0.29) is 0 Å². The normalized spacial score (nSPS) is 11.1. The third kappa shape index (κ3) is 4.40. The van der Waals surface area contributed by atoms with Crippen molar-refractivity contribution in [3.05, 3.63) is 60.7 Å². The molecule has 2 aromatic rings. The fraction of sp³-hybridized carbons (Fsp3) is 0.250. The van der Waals surface area contributed by atoms with E-state index in [1.54, 1.807) is 7.11 Å². The van der Waals surface area contributed by atoms with Crippen molar-refractivity contribution in [2.45, 2.75) is 6.55 Å². The number of hydrogen-bond acceptors (Lipinski definition) is 3. The average molecular weight is 288 g/mol. The summed E-state index contributed by atoms with van der Waals surface area (Å²) in [6.45, 7) is 2.11. The Kier molecular flexibility index (Phi) is 5.21. The Labute approximate surface area is 121 Å². The molecule has 0 bridgehead atoms. The Morgan fingerprint density at radius 3 is 1.50 bits per heavy atom. The van der Waals surface area contributed by atoms with E-state index in [0.717, 1.165) is 11.5 Å². The molecular weight excluding hydrogens is 268 g/mol. The van der Waals surface area contributed by atoms with E-state index in [9.17, 15) is 0 Å². The Hall–Kier alpha value is -1.78. The van der Waals surface area contributed by atoms with Crippen molar-refractivity contribution < 1.29 is 13.9 Å². The third-order valence-electron chi connectivity index (χ3n) is 3.07. The minimum absolute atomic E-state index is 0.570. The van der Waals surface area contributed by atoms with Crippen molar-refractivity contribution in [1.82, 2.24) is 0 Å². The SMILES string of the molecule is CO[Si](C)(COc1ccccc1)COc1ccccc1. The van der Waals surface area contributed by atoms with E-state index in [0.29, 0.717) is 12.5 Å². The molecule has 0 radical (unpaired) electrons. The molecule has 0 aliphatic rings. The van der Waals surface area contributed by atoms with Crippen molar-refractivity contribution in [2.75, 3.05) is 19.6 Å². The van der Waals surface area contributed by atoms with E-state index in [2.05, 4.69) is 6.55 Å². The lowest BCUT2D eigenvalue weighted by atomic mass is 10.3. The maximum atomic E-state index is 5.81. The van der Waals surface area contributed by atoms with Crippen LogP contribution >= 0.6 is 0 Å². The Balaban J connectivity index is 1.88. The van der Waals surface area contributed by atoms with Crippen LogP contribution in [0.5, 0.6) is 11.5 Å². The number of para-hydroxylation sites is 2. The molecule has 0 fully saturated rings. The predicted octanol–water partition coefficient (Wildman–Crippen LogP) is 3.44. The molecule has 2 aromatic carbocycles. The first-order valence-corrected chi connectivity index (χ1v) is 9.45. The Morgan fingerprint density at radius 1 is 0.750 bits per heavy atom. The summed E-state index contributed by atoms with van der Waals surface area (Å²) in [5, 5.41) is 0. The summed E-state index contributed by atoms with van der Waals surface area (Å²) < 4.78 is 17.3. The summed E-state index contributed by atoms with van der Waals surface area (Å²) in [4.78, 5) is 0. The van der Waals surface area contributed by atoms with Gasteiger partial charge >= 0.3 is 0 Å². The zero-order chi connectivity index (χ0) is 14.3. The van der Waals surface area contributed by atoms with Gasteiger partial charge in [-0.3, -0.25) is 0 Å². The second-order valence-electron chi connectivity index (χ2n) is 4.86. The minimum atomic E-state index is -2.03. The highest BCUT2D eigenvalue weighted by Crippen LogP contribution is 2.15. The van der Waals surface area contributed by atoms with Crippen LogP contribution < -0.4 is 9.47 Å². The molecule has 0 amide bonds. The molecule has 0 aliphatic heterocycles. The molecule has 0 saturated carbocycles. The molecule has 0 aliphatic carbocycles. The van der Waals surface area contributed by atoms with Gasteiger partial charge in [-0.15, -0.1) is 0 Å². The third-order valence-corrected chi connectivity index (χ3v) is 5.56. The van der Waals surface area contributed by atoms with Crippen LogP contribution in [0, 0.1) is 0 Å². The number of ether oxygens (including phenoxy) is 2. The van der Waals surface area contributed by atoms with Crippen LogP contribution in [-0.4, -0.2) is 27.9 Å². The predicted molar refractivity (Wildman–Crippen MR) is 82.5 cm³/mol. The highest BCUT2D eigenvalue weighted by Gasteiger charge is 2.30. The van der Waals surface area contributed by atoms with Crippen LogP contribution in [0.15, 0.2) is 60.7 Å². The molecular formula is C16H20O3Si. The molecule has 0 aromatic heterocycles. The lowest BCUT2D eigenvalue weighted by Gasteiger charge is -2.25. The number of hydrogen-bond donors (Lipinski definition) is 0. The van der Waals surface area contributed by atoms with Crippen LogP contribution in [-0.2, 0) is 4.43 Å². The van der Waals surface area contributed by atoms with Gasteiger partial charge in [0.15, 0.2) is 0 Å². The fourth-order valence-corrected chi connectivity index (χ4v) is 2.93. The topological polar surface area (TPSA) is 27.7 Å². The second-order valence-corrected chi connectivity index (χ2v) is 8.74. The van der Waals surface area contributed by atoms with Gasteiger partial charge in [-0.25, -0.2) is 0 Å². The largest absolute Gasteiger partial charge is 0.494 e. The summed E-state index contributed by atoms with van der Waals surface area (Å²) in [7, 11) is -0.302. The average Bonchev–Trinajstić information content (AvgIpc) is 2.53. The smallest absolute Gasteiger partial charge is 0.264 e. The Bertz CT molecular complexity index is 458. The van der Waals surface area contributed by atoms with E-state index in [1.165, 1.54) is 0 Å². The number of rotatable bonds is 7. The lowest BCUT2D eigenvalue weighted by molar-refractivity contribution is 0.276. The maximum absolute atomic E-state index is 5.81. The van der Waals surface area contributed by atoms with Gasteiger partial charge in [0, 0.05) is 7.11 Å². The summed E-state index contributed by atoms with van der Waals surface area (Å²) in [6.07, 6.45) is 1.14. The van der Waals surface area contributed by atoms with Gasteiger partial charge < -0.3 is 13.9 Å². The van der Waals surface area contributed by atoms with Gasteiger partial charge in [0.05, 0.1) is 0 Å². The van der Waals surface area contributed by atoms with Crippen LogP contribution in [0.2, 0.25) is 6.55 Å². The molecule has 106 valence electrons. The quantitative estimate of drug-likeness (QED) is 0.730. The molecule has 0 atom stereocenters. The first kappa shape index (κ1) is 14.6. The molecule has 0 unspecified atom stereocenters. The summed E-state index contributed by atoms with van der Waals surface area (Å²) in [5.41, 5.74) is 0.